The summed E-state index contributed by atoms with van der Waals surface area (Å²) in [5, 5.41) is 18.4. The lowest BCUT2D eigenvalue weighted by atomic mass is 9.77. The van der Waals surface area contributed by atoms with E-state index in [4.69, 9.17) is 19.9 Å². The van der Waals surface area contributed by atoms with Gasteiger partial charge in [-0.3, -0.25) is 4.79 Å². The van der Waals surface area contributed by atoms with Gasteiger partial charge in [0.2, 0.25) is 5.13 Å². The standard InChI is InChI=1S/C15H18BN3O5S/c1-4-22-13(20)8(3)12-11-7(2)5-9(6-10(11)16(21)24-12)23-15-19-18-14(17)25-15/h5-6,8,12,21H,4H2,1-3H3,(H2,17,18). The third-order valence-electron chi connectivity index (χ3n) is 3.96. The Morgan fingerprint density at radius 2 is 2.28 bits per heavy atom. The SMILES string of the molecule is CCOC(=O)C(C)C1OB(O)c2cc(Oc3nnc(N)s3)cc(C)c21. The largest absolute Gasteiger partial charge is 0.492 e. The summed E-state index contributed by atoms with van der Waals surface area (Å²) in [5.41, 5.74) is 7.71. The molecule has 10 heteroatoms. The molecule has 3 N–H and O–H groups in total. The molecule has 2 heterocycles. The number of aromatic nitrogens is 2. The van der Waals surface area contributed by atoms with Gasteiger partial charge in [0.05, 0.1) is 18.6 Å². The van der Waals surface area contributed by atoms with Crippen LogP contribution in [0.15, 0.2) is 12.1 Å². The second kappa shape index (κ2) is 6.99. The highest BCUT2D eigenvalue weighted by atomic mass is 32.1. The van der Waals surface area contributed by atoms with Gasteiger partial charge in [-0.1, -0.05) is 5.10 Å². The molecule has 0 saturated heterocycles. The van der Waals surface area contributed by atoms with Crippen LogP contribution in [-0.4, -0.2) is 34.9 Å². The molecule has 0 bridgehead atoms. The number of hydrogen-bond acceptors (Lipinski definition) is 9. The van der Waals surface area contributed by atoms with Gasteiger partial charge in [-0.2, -0.15) is 0 Å². The number of fused-ring (bicyclic) bond motifs is 1. The van der Waals surface area contributed by atoms with Gasteiger partial charge in [-0.25, -0.2) is 0 Å². The molecule has 1 aromatic heterocycles. The molecule has 0 fully saturated rings. The van der Waals surface area contributed by atoms with Crippen molar-refractivity contribution in [1.29, 1.82) is 0 Å². The maximum absolute atomic E-state index is 12.0. The van der Waals surface area contributed by atoms with E-state index < -0.39 is 19.1 Å². The molecule has 2 atom stereocenters. The van der Waals surface area contributed by atoms with E-state index >= 15 is 0 Å². The zero-order chi connectivity index (χ0) is 18.1. The van der Waals surface area contributed by atoms with Crippen molar-refractivity contribution in [1.82, 2.24) is 10.2 Å². The summed E-state index contributed by atoms with van der Waals surface area (Å²) in [6.07, 6.45) is -0.574. The van der Waals surface area contributed by atoms with E-state index in [2.05, 4.69) is 10.2 Å². The Labute approximate surface area is 149 Å². The number of carbonyl (C=O) groups is 1. The molecule has 1 aliphatic rings. The molecule has 3 rings (SSSR count). The maximum atomic E-state index is 12.0. The van der Waals surface area contributed by atoms with E-state index in [0.29, 0.717) is 28.1 Å². The van der Waals surface area contributed by atoms with E-state index in [0.717, 1.165) is 22.5 Å². The van der Waals surface area contributed by atoms with Crippen LogP contribution in [0.4, 0.5) is 5.13 Å². The van der Waals surface area contributed by atoms with E-state index in [1.54, 1.807) is 26.0 Å². The first-order valence-electron chi connectivity index (χ1n) is 7.82. The molecular weight excluding hydrogens is 345 g/mol. The highest BCUT2D eigenvalue weighted by molar-refractivity contribution is 7.16. The van der Waals surface area contributed by atoms with Crippen LogP contribution in [0.3, 0.4) is 0 Å². The number of esters is 1. The molecule has 1 aromatic carbocycles. The molecule has 0 saturated carbocycles. The molecule has 132 valence electrons. The minimum absolute atomic E-state index is 0.294. The van der Waals surface area contributed by atoms with Crippen molar-refractivity contribution in [2.75, 3.05) is 12.3 Å². The van der Waals surface area contributed by atoms with Gasteiger partial charge in [-0.05, 0) is 60.8 Å². The van der Waals surface area contributed by atoms with Gasteiger partial charge in [0.25, 0.3) is 0 Å². The number of anilines is 1. The number of nitrogen functional groups attached to an aromatic ring is 1. The highest BCUT2D eigenvalue weighted by Crippen LogP contribution is 2.36. The Morgan fingerprint density at radius 1 is 1.52 bits per heavy atom. The Morgan fingerprint density at radius 3 is 2.92 bits per heavy atom. The maximum Gasteiger partial charge on any atom is 0.492 e. The first-order valence-corrected chi connectivity index (χ1v) is 8.63. The summed E-state index contributed by atoms with van der Waals surface area (Å²) in [5.74, 6) is -0.416. The monoisotopic (exact) mass is 363 g/mol. The van der Waals surface area contributed by atoms with Crippen molar-refractivity contribution < 1.29 is 23.9 Å². The Hall–Kier alpha value is -2.17. The number of hydrogen-bond donors (Lipinski definition) is 2. The number of carbonyl (C=O) groups excluding carboxylic acids is 1. The zero-order valence-electron chi connectivity index (χ0n) is 14.1. The smallest absolute Gasteiger partial charge is 0.466 e. The first-order chi connectivity index (χ1) is 11.9. The van der Waals surface area contributed by atoms with E-state index in [9.17, 15) is 9.82 Å². The van der Waals surface area contributed by atoms with Gasteiger partial charge in [0.15, 0.2) is 0 Å². The predicted octanol–water partition coefficient (Wildman–Crippen LogP) is 1.18. The number of nitrogens with zero attached hydrogens (tertiary/aromatic N) is 2. The second-order valence-electron chi connectivity index (χ2n) is 5.70. The fourth-order valence-electron chi connectivity index (χ4n) is 2.85. The quantitative estimate of drug-likeness (QED) is 0.601. The van der Waals surface area contributed by atoms with Gasteiger partial charge in [0.1, 0.15) is 5.75 Å². The Bertz CT molecular complexity index is 799. The van der Waals surface area contributed by atoms with E-state index in [1.807, 2.05) is 6.92 Å². The van der Waals surface area contributed by atoms with Crippen LogP contribution in [0.5, 0.6) is 10.9 Å². The van der Waals surface area contributed by atoms with Gasteiger partial charge in [-0.15, -0.1) is 5.10 Å². The van der Waals surface area contributed by atoms with Crippen molar-refractivity contribution in [2.24, 2.45) is 5.92 Å². The lowest BCUT2D eigenvalue weighted by Gasteiger charge is -2.20. The van der Waals surface area contributed by atoms with Crippen molar-refractivity contribution in [2.45, 2.75) is 26.9 Å². The molecule has 2 unspecified atom stereocenters. The Kier molecular flexibility index (Phi) is 4.93. The lowest BCUT2D eigenvalue weighted by molar-refractivity contribution is -0.150. The lowest BCUT2D eigenvalue weighted by Crippen LogP contribution is -2.28. The third kappa shape index (κ3) is 3.46. The molecule has 1 aliphatic heterocycles. The first kappa shape index (κ1) is 17.7. The van der Waals surface area contributed by atoms with Crippen LogP contribution in [-0.2, 0) is 14.2 Å². The molecule has 2 aromatic rings. The zero-order valence-corrected chi connectivity index (χ0v) is 14.9. The van der Waals surface area contributed by atoms with Crippen LogP contribution in [0.25, 0.3) is 0 Å². The topological polar surface area (TPSA) is 117 Å². The number of aryl methyl sites for hydroxylation is 1. The van der Waals surface area contributed by atoms with Crippen LogP contribution >= 0.6 is 11.3 Å². The minimum atomic E-state index is -1.14. The van der Waals surface area contributed by atoms with Gasteiger partial charge in [0, 0.05) is 0 Å². The number of benzene rings is 1. The normalized spacial score (nSPS) is 17.3. The highest BCUT2D eigenvalue weighted by Gasteiger charge is 2.42. The minimum Gasteiger partial charge on any atom is -0.466 e. The predicted molar refractivity (Wildman–Crippen MR) is 92.8 cm³/mol. The summed E-state index contributed by atoms with van der Waals surface area (Å²) in [7, 11) is -1.14. The van der Waals surface area contributed by atoms with Crippen molar-refractivity contribution >= 4 is 35.0 Å². The molecule has 0 spiro atoms. The Balaban J connectivity index is 1.90. The number of rotatable bonds is 5. The second-order valence-corrected chi connectivity index (χ2v) is 6.67. The van der Waals surface area contributed by atoms with Crippen LogP contribution in [0.1, 0.15) is 31.1 Å². The van der Waals surface area contributed by atoms with Gasteiger partial charge >= 0.3 is 18.3 Å². The third-order valence-corrected chi connectivity index (χ3v) is 4.59. The van der Waals surface area contributed by atoms with Crippen molar-refractivity contribution in [3.05, 3.63) is 23.3 Å². The van der Waals surface area contributed by atoms with E-state index in [-0.39, 0.29) is 5.97 Å². The van der Waals surface area contributed by atoms with Crippen LogP contribution in [0, 0.1) is 12.8 Å². The molecule has 8 nitrogen and oxygen atoms in total. The molecule has 0 radical (unpaired) electrons. The average molecular weight is 363 g/mol. The summed E-state index contributed by atoms with van der Waals surface area (Å²) in [6, 6.07) is 3.46. The van der Waals surface area contributed by atoms with Gasteiger partial charge < -0.3 is 24.9 Å². The fourth-order valence-corrected chi connectivity index (χ4v) is 3.33. The average Bonchev–Trinajstić information content (AvgIpc) is 3.11. The molecule has 0 aliphatic carbocycles. The summed E-state index contributed by atoms with van der Waals surface area (Å²) in [6.45, 7) is 5.63. The number of ether oxygens (including phenoxy) is 2. The van der Waals surface area contributed by atoms with E-state index in [1.165, 1.54) is 0 Å². The summed E-state index contributed by atoms with van der Waals surface area (Å²) >= 11 is 1.12. The summed E-state index contributed by atoms with van der Waals surface area (Å²) in [4.78, 5) is 12.0. The summed E-state index contributed by atoms with van der Waals surface area (Å²) < 4.78 is 16.3. The van der Waals surface area contributed by atoms with Crippen LogP contribution < -0.4 is 15.9 Å². The van der Waals surface area contributed by atoms with Crippen molar-refractivity contribution in [3.8, 4) is 10.9 Å². The van der Waals surface area contributed by atoms with Crippen molar-refractivity contribution in [3.63, 3.8) is 0 Å². The molecular formula is C15H18BN3O5S. The fraction of sp³-hybridized carbons (Fsp3) is 0.400. The molecule has 0 amide bonds. The number of nitrogens with two attached hydrogens (primary N) is 1. The van der Waals surface area contributed by atoms with Crippen LogP contribution in [0.2, 0.25) is 0 Å². The molecule has 25 heavy (non-hydrogen) atoms.